The second-order valence-corrected chi connectivity index (χ2v) is 10.5. The van der Waals surface area contributed by atoms with Gasteiger partial charge >= 0.3 is 0 Å². The first-order valence-corrected chi connectivity index (χ1v) is 11.1. The van der Waals surface area contributed by atoms with E-state index in [0.29, 0.717) is 12.2 Å². The summed E-state index contributed by atoms with van der Waals surface area (Å²) in [5, 5.41) is 1.59. The van der Waals surface area contributed by atoms with Crippen LogP contribution in [-0.2, 0) is 14.6 Å². The average Bonchev–Trinajstić information content (AvgIpc) is 2.57. The van der Waals surface area contributed by atoms with Crippen LogP contribution in [0.4, 0.5) is 0 Å². The van der Waals surface area contributed by atoms with E-state index in [1.54, 1.807) is 31.2 Å². The van der Waals surface area contributed by atoms with Gasteiger partial charge in [0, 0.05) is 22.4 Å². The Balaban J connectivity index is 1.87. The van der Waals surface area contributed by atoms with Gasteiger partial charge in [-0.25, -0.2) is 8.42 Å². The molecule has 2 aliphatic heterocycles. The zero-order chi connectivity index (χ0) is 19.6. The Kier molecular flexibility index (Phi) is 4.16. The number of amides is 1. The quantitative estimate of drug-likeness (QED) is 0.759. The van der Waals surface area contributed by atoms with Gasteiger partial charge in [-0.2, -0.15) is 0 Å². The predicted octanol–water partition coefficient (Wildman–Crippen LogP) is 3.62. The Hall–Kier alpha value is -1.86. The molecule has 5 nitrogen and oxygen atoms in total. The lowest BCUT2D eigenvalue weighted by Gasteiger charge is -2.46. The summed E-state index contributed by atoms with van der Waals surface area (Å²) in [6.07, 6.45) is 0.400. The normalized spacial score (nSPS) is 26.7. The minimum atomic E-state index is -3.87. The van der Waals surface area contributed by atoms with Gasteiger partial charge in [0.2, 0.25) is 5.91 Å². The van der Waals surface area contributed by atoms with E-state index in [0.717, 1.165) is 21.2 Å². The van der Waals surface area contributed by atoms with Crippen molar-refractivity contribution >= 4 is 31.7 Å². The zero-order valence-electron chi connectivity index (χ0n) is 15.2. The van der Waals surface area contributed by atoms with Gasteiger partial charge < -0.3 is 10.1 Å². The van der Waals surface area contributed by atoms with Crippen molar-refractivity contribution in [3.63, 3.8) is 0 Å². The molecule has 0 aliphatic carbocycles. The van der Waals surface area contributed by atoms with Gasteiger partial charge in [-0.1, -0.05) is 22.0 Å². The molecule has 2 aliphatic rings. The Morgan fingerprint density at radius 1 is 1.15 bits per heavy atom. The molecular formula is C20H20BrNO4S. The van der Waals surface area contributed by atoms with E-state index in [-0.39, 0.29) is 4.90 Å². The number of ether oxygens (including phenoxy) is 1. The number of piperidine rings is 1. The number of carbonyl (C=O) groups is 1. The number of benzene rings is 2. The van der Waals surface area contributed by atoms with Crippen molar-refractivity contribution in [1.29, 1.82) is 0 Å². The number of aryl methyl sites for hydroxylation is 2. The van der Waals surface area contributed by atoms with Crippen molar-refractivity contribution < 1.29 is 17.9 Å². The number of hydrogen-bond donors (Lipinski definition) is 1. The SMILES string of the molecule is Cc1ccc(S(=O)(=O)[C@H]2C(=O)N[C@]3(C)C[C@@H]2c2cc(Br)ccc2O3)cc1C. The fourth-order valence-corrected chi connectivity index (χ4v) is 6.26. The maximum Gasteiger partial charge on any atom is 0.242 e. The maximum absolute atomic E-state index is 13.4. The number of nitrogens with one attached hydrogen (secondary N) is 1. The molecule has 2 aromatic carbocycles. The second-order valence-electron chi connectivity index (χ2n) is 7.53. The molecule has 1 saturated heterocycles. The molecule has 1 amide bonds. The summed E-state index contributed by atoms with van der Waals surface area (Å²) in [6.45, 7) is 5.58. The first-order chi connectivity index (χ1) is 12.6. The zero-order valence-corrected chi connectivity index (χ0v) is 17.6. The third kappa shape index (κ3) is 2.97. The fourth-order valence-electron chi connectivity index (χ4n) is 3.97. The van der Waals surface area contributed by atoms with Crippen LogP contribution >= 0.6 is 15.9 Å². The van der Waals surface area contributed by atoms with Crippen LogP contribution in [0.15, 0.2) is 45.8 Å². The highest BCUT2D eigenvalue weighted by molar-refractivity contribution is 9.10. The van der Waals surface area contributed by atoms with E-state index >= 15 is 0 Å². The van der Waals surface area contributed by atoms with Crippen LogP contribution in [0.5, 0.6) is 5.75 Å². The topological polar surface area (TPSA) is 72.5 Å². The minimum Gasteiger partial charge on any atom is -0.468 e. The number of rotatable bonds is 2. The van der Waals surface area contributed by atoms with Crippen LogP contribution in [0.1, 0.15) is 36.0 Å². The van der Waals surface area contributed by atoms with Crippen molar-refractivity contribution in [2.45, 2.75) is 49.0 Å². The number of fused-ring (bicyclic) bond motifs is 4. The monoisotopic (exact) mass is 449 g/mol. The number of sulfone groups is 1. The fraction of sp³-hybridized carbons (Fsp3) is 0.350. The van der Waals surface area contributed by atoms with Crippen molar-refractivity contribution in [3.05, 3.63) is 57.6 Å². The van der Waals surface area contributed by atoms with Gasteiger partial charge in [0.1, 0.15) is 5.75 Å². The van der Waals surface area contributed by atoms with Crippen molar-refractivity contribution in [2.75, 3.05) is 0 Å². The summed E-state index contributed by atoms with van der Waals surface area (Å²) in [5.74, 6) is -0.383. The highest BCUT2D eigenvalue weighted by atomic mass is 79.9. The standard InChI is InChI=1S/C20H20BrNO4S/c1-11-4-6-14(8-12(11)2)27(24,25)18-16-10-20(3,22-19(18)23)26-17-7-5-13(21)9-15(16)17/h4-9,16,18H,10H2,1-3H3,(H,22,23)/t16-,18-,20+/m1/s1. The summed E-state index contributed by atoms with van der Waals surface area (Å²) in [6, 6.07) is 10.5. The Morgan fingerprint density at radius 2 is 1.89 bits per heavy atom. The molecule has 2 aromatic rings. The third-order valence-electron chi connectivity index (χ3n) is 5.47. The van der Waals surface area contributed by atoms with Crippen molar-refractivity contribution in [3.8, 4) is 5.75 Å². The molecule has 0 saturated carbocycles. The number of halogens is 1. The van der Waals surface area contributed by atoms with Crippen LogP contribution < -0.4 is 10.1 Å². The molecule has 1 N–H and O–H groups in total. The average molecular weight is 450 g/mol. The molecule has 142 valence electrons. The van der Waals surface area contributed by atoms with Gasteiger partial charge in [-0.05, 0) is 62.2 Å². The molecule has 0 unspecified atom stereocenters. The predicted molar refractivity (Wildman–Crippen MR) is 106 cm³/mol. The smallest absolute Gasteiger partial charge is 0.242 e. The number of carbonyl (C=O) groups excluding carboxylic acids is 1. The Morgan fingerprint density at radius 3 is 2.59 bits per heavy atom. The van der Waals surface area contributed by atoms with E-state index in [1.165, 1.54) is 0 Å². The van der Waals surface area contributed by atoms with Crippen LogP contribution in [0, 0.1) is 13.8 Å². The van der Waals surface area contributed by atoms with Gasteiger partial charge in [-0.15, -0.1) is 0 Å². The first kappa shape index (κ1) is 18.5. The molecule has 1 fully saturated rings. The second kappa shape index (κ2) is 6.07. The molecule has 0 radical (unpaired) electrons. The number of hydrogen-bond acceptors (Lipinski definition) is 4. The van der Waals surface area contributed by atoms with Crippen LogP contribution in [0.2, 0.25) is 0 Å². The minimum absolute atomic E-state index is 0.178. The largest absolute Gasteiger partial charge is 0.468 e. The molecule has 27 heavy (non-hydrogen) atoms. The van der Waals surface area contributed by atoms with E-state index < -0.39 is 32.6 Å². The summed E-state index contributed by atoms with van der Waals surface area (Å²) in [4.78, 5) is 13.1. The highest BCUT2D eigenvalue weighted by Gasteiger charge is 2.54. The lowest BCUT2D eigenvalue weighted by atomic mass is 9.81. The molecule has 7 heteroatoms. The molecule has 2 bridgehead atoms. The van der Waals surface area contributed by atoms with E-state index in [1.807, 2.05) is 26.0 Å². The molecule has 0 spiro atoms. The Labute approximate surface area is 167 Å². The van der Waals surface area contributed by atoms with E-state index in [2.05, 4.69) is 21.2 Å². The van der Waals surface area contributed by atoms with Crippen molar-refractivity contribution in [2.24, 2.45) is 0 Å². The summed E-state index contributed by atoms with van der Waals surface area (Å²) in [7, 11) is -3.87. The van der Waals surface area contributed by atoms with Crippen LogP contribution in [-0.4, -0.2) is 25.3 Å². The summed E-state index contributed by atoms with van der Waals surface area (Å²) in [5.41, 5.74) is 1.73. The molecule has 4 rings (SSSR count). The van der Waals surface area contributed by atoms with Crippen LogP contribution in [0.25, 0.3) is 0 Å². The summed E-state index contributed by atoms with van der Waals surface area (Å²) >= 11 is 3.44. The van der Waals surface area contributed by atoms with E-state index in [4.69, 9.17) is 4.74 Å². The summed E-state index contributed by atoms with van der Waals surface area (Å²) < 4.78 is 33.7. The van der Waals surface area contributed by atoms with E-state index in [9.17, 15) is 13.2 Å². The van der Waals surface area contributed by atoms with Gasteiger partial charge in [0.25, 0.3) is 0 Å². The molecule has 2 heterocycles. The van der Waals surface area contributed by atoms with Crippen LogP contribution in [0.3, 0.4) is 0 Å². The lowest BCUT2D eigenvalue weighted by molar-refractivity contribution is -0.132. The van der Waals surface area contributed by atoms with Gasteiger partial charge in [-0.3, -0.25) is 4.79 Å². The highest BCUT2D eigenvalue weighted by Crippen LogP contribution is 2.47. The van der Waals surface area contributed by atoms with Crippen molar-refractivity contribution in [1.82, 2.24) is 5.32 Å². The third-order valence-corrected chi connectivity index (χ3v) is 8.08. The Bertz CT molecular complexity index is 1070. The van der Waals surface area contributed by atoms with Gasteiger partial charge in [0.05, 0.1) is 4.90 Å². The molecular weight excluding hydrogens is 430 g/mol. The molecule has 0 aromatic heterocycles. The first-order valence-electron chi connectivity index (χ1n) is 8.72. The molecule has 3 atom stereocenters. The lowest BCUT2D eigenvalue weighted by Crippen LogP contribution is -2.63. The van der Waals surface area contributed by atoms with Gasteiger partial charge in [0.15, 0.2) is 20.8 Å². The maximum atomic E-state index is 13.4.